The summed E-state index contributed by atoms with van der Waals surface area (Å²) >= 11 is 6.14. The Morgan fingerprint density at radius 1 is 0.905 bits per heavy atom. The molecule has 0 aliphatic heterocycles. The van der Waals surface area contributed by atoms with Gasteiger partial charge in [0.05, 0.1) is 5.88 Å². The number of alkyl halides is 1. The van der Waals surface area contributed by atoms with Crippen LogP contribution < -0.4 is 4.74 Å². The molecule has 0 amide bonds. The van der Waals surface area contributed by atoms with E-state index in [9.17, 15) is 0 Å². The number of rotatable bonds is 4. The van der Waals surface area contributed by atoms with Crippen molar-refractivity contribution in [2.45, 2.75) is 19.4 Å². The molecule has 3 aromatic carbocycles. The lowest BCUT2D eigenvalue weighted by molar-refractivity contribution is 0.303. The van der Waals surface area contributed by atoms with E-state index in [0.717, 1.165) is 16.7 Å². The molecule has 2 heteroatoms. The van der Waals surface area contributed by atoms with E-state index < -0.39 is 0 Å². The van der Waals surface area contributed by atoms with Gasteiger partial charge in [0.1, 0.15) is 12.4 Å². The summed E-state index contributed by atoms with van der Waals surface area (Å²) in [6.07, 6.45) is 0. The summed E-state index contributed by atoms with van der Waals surface area (Å²) in [5, 5.41) is 2.35. The average Bonchev–Trinajstić information content (AvgIpc) is 2.53. The summed E-state index contributed by atoms with van der Waals surface area (Å²) in [6.45, 7) is 2.66. The second-order valence-corrected chi connectivity index (χ2v) is 5.38. The summed E-state index contributed by atoms with van der Waals surface area (Å²) < 4.78 is 6.02. The number of hydrogen-bond acceptors (Lipinski definition) is 1. The summed E-state index contributed by atoms with van der Waals surface area (Å²) in [5.74, 6) is 1.32. The minimum absolute atomic E-state index is 0.449. The van der Waals surface area contributed by atoms with E-state index in [1.807, 2.05) is 30.3 Å². The van der Waals surface area contributed by atoms with Gasteiger partial charge in [0, 0.05) is 5.56 Å². The SMILES string of the molecule is Cc1ccccc1COc1ccc2ccccc2c1CCl. The second-order valence-electron chi connectivity index (χ2n) is 5.11. The molecule has 0 heterocycles. The molecule has 3 rings (SSSR count). The molecule has 106 valence electrons. The zero-order chi connectivity index (χ0) is 14.7. The van der Waals surface area contributed by atoms with Crippen LogP contribution in [0.4, 0.5) is 0 Å². The van der Waals surface area contributed by atoms with E-state index in [4.69, 9.17) is 16.3 Å². The van der Waals surface area contributed by atoms with Gasteiger partial charge >= 0.3 is 0 Å². The van der Waals surface area contributed by atoms with Gasteiger partial charge in [-0.25, -0.2) is 0 Å². The van der Waals surface area contributed by atoms with E-state index in [0.29, 0.717) is 12.5 Å². The molecule has 0 saturated heterocycles. The Morgan fingerprint density at radius 2 is 1.67 bits per heavy atom. The molecule has 0 saturated carbocycles. The topological polar surface area (TPSA) is 9.23 Å². The Morgan fingerprint density at radius 3 is 2.48 bits per heavy atom. The number of benzene rings is 3. The third-order valence-electron chi connectivity index (χ3n) is 3.78. The van der Waals surface area contributed by atoms with E-state index in [2.05, 4.69) is 37.3 Å². The molecule has 0 aromatic heterocycles. The standard InChI is InChI=1S/C19H17ClO/c1-14-6-2-3-8-16(14)13-21-19-11-10-15-7-4-5-9-17(15)18(19)12-20/h2-11H,12-13H2,1H3. The molecule has 0 bridgehead atoms. The minimum atomic E-state index is 0.449. The first-order valence-corrected chi connectivity index (χ1v) is 7.57. The number of aryl methyl sites for hydroxylation is 1. The van der Waals surface area contributed by atoms with E-state index in [1.165, 1.54) is 16.5 Å². The van der Waals surface area contributed by atoms with Crippen LogP contribution in [0.25, 0.3) is 10.8 Å². The summed E-state index contributed by atoms with van der Waals surface area (Å²) in [5.41, 5.74) is 3.50. The molecule has 3 aromatic rings. The van der Waals surface area contributed by atoms with E-state index >= 15 is 0 Å². The normalized spacial score (nSPS) is 10.8. The largest absolute Gasteiger partial charge is 0.489 e. The summed E-state index contributed by atoms with van der Waals surface area (Å²) in [7, 11) is 0. The summed E-state index contributed by atoms with van der Waals surface area (Å²) in [4.78, 5) is 0. The van der Waals surface area contributed by atoms with Crippen molar-refractivity contribution in [2.24, 2.45) is 0 Å². The molecule has 0 aliphatic carbocycles. The zero-order valence-electron chi connectivity index (χ0n) is 12.0. The highest BCUT2D eigenvalue weighted by Gasteiger charge is 2.08. The van der Waals surface area contributed by atoms with Crippen LogP contribution in [0.3, 0.4) is 0 Å². The maximum Gasteiger partial charge on any atom is 0.124 e. The van der Waals surface area contributed by atoms with Gasteiger partial charge in [0.25, 0.3) is 0 Å². The smallest absolute Gasteiger partial charge is 0.124 e. The average molecular weight is 297 g/mol. The predicted octanol–water partition coefficient (Wildman–Crippen LogP) is 5.47. The fourth-order valence-corrected chi connectivity index (χ4v) is 2.79. The van der Waals surface area contributed by atoms with Crippen LogP contribution in [-0.2, 0) is 12.5 Å². The van der Waals surface area contributed by atoms with Gasteiger partial charge in [0.2, 0.25) is 0 Å². The minimum Gasteiger partial charge on any atom is -0.489 e. The number of fused-ring (bicyclic) bond motifs is 1. The molecule has 0 radical (unpaired) electrons. The molecule has 0 unspecified atom stereocenters. The van der Waals surface area contributed by atoms with Gasteiger partial charge in [-0.3, -0.25) is 0 Å². The van der Waals surface area contributed by atoms with Crippen molar-refractivity contribution >= 4 is 22.4 Å². The maximum atomic E-state index is 6.14. The summed E-state index contributed by atoms with van der Waals surface area (Å²) in [6, 6.07) is 20.6. The molecule has 0 N–H and O–H groups in total. The monoisotopic (exact) mass is 296 g/mol. The van der Waals surface area contributed by atoms with Crippen LogP contribution in [0.1, 0.15) is 16.7 Å². The Hall–Kier alpha value is -1.99. The molecular formula is C19H17ClO. The lowest BCUT2D eigenvalue weighted by Gasteiger charge is -2.13. The second kappa shape index (κ2) is 6.19. The van der Waals surface area contributed by atoms with Gasteiger partial charge in [-0.05, 0) is 34.9 Å². The van der Waals surface area contributed by atoms with Crippen molar-refractivity contribution in [3.8, 4) is 5.75 Å². The molecule has 1 nitrogen and oxygen atoms in total. The third kappa shape index (κ3) is 2.88. The zero-order valence-corrected chi connectivity index (χ0v) is 12.7. The Balaban J connectivity index is 1.92. The Labute approximate surface area is 130 Å². The molecule has 0 aliphatic rings. The van der Waals surface area contributed by atoms with E-state index in [-0.39, 0.29) is 0 Å². The highest BCUT2D eigenvalue weighted by atomic mass is 35.5. The first-order valence-electron chi connectivity index (χ1n) is 7.03. The molecule has 21 heavy (non-hydrogen) atoms. The van der Waals surface area contributed by atoms with Crippen LogP contribution in [0.5, 0.6) is 5.75 Å². The first-order chi connectivity index (χ1) is 10.3. The number of ether oxygens (including phenoxy) is 1. The van der Waals surface area contributed by atoms with Gasteiger partial charge in [-0.2, -0.15) is 0 Å². The van der Waals surface area contributed by atoms with Crippen LogP contribution in [-0.4, -0.2) is 0 Å². The lowest BCUT2D eigenvalue weighted by atomic mass is 10.0. The highest BCUT2D eigenvalue weighted by molar-refractivity contribution is 6.18. The van der Waals surface area contributed by atoms with Crippen molar-refractivity contribution in [1.29, 1.82) is 0 Å². The fraction of sp³-hybridized carbons (Fsp3) is 0.158. The van der Waals surface area contributed by atoms with Crippen molar-refractivity contribution in [3.63, 3.8) is 0 Å². The Kier molecular flexibility index (Phi) is 4.12. The number of halogens is 1. The molecule has 0 fully saturated rings. The molecule has 0 atom stereocenters. The van der Waals surface area contributed by atoms with Gasteiger partial charge in [0.15, 0.2) is 0 Å². The molecular weight excluding hydrogens is 280 g/mol. The van der Waals surface area contributed by atoms with Crippen molar-refractivity contribution in [2.75, 3.05) is 0 Å². The fourth-order valence-electron chi connectivity index (χ4n) is 2.52. The van der Waals surface area contributed by atoms with Gasteiger partial charge in [-0.15, -0.1) is 11.6 Å². The molecule has 0 spiro atoms. The van der Waals surface area contributed by atoms with Crippen LogP contribution in [0, 0.1) is 6.92 Å². The number of hydrogen-bond donors (Lipinski definition) is 0. The first kappa shape index (κ1) is 14.0. The quantitative estimate of drug-likeness (QED) is 0.580. The van der Waals surface area contributed by atoms with Gasteiger partial charge < -0.3 is 4.74 Å². The van der Waals surface area contributed by atoms with Crippen molar-refractivity contribution < 1.29 is 4.74 Å². The third-order valence-corrected chi connectivity index (χ3v) is 4.04. The highest BCUT2D eigenvalue weighted by Crippen LogP contribution is 2.30. The van der Waals surface area contributed by atoms with Gasteiger partial charge in [-0.1, -0.05) is 54.6 Å². The van der Waals surface area contributed by atoms with Crippen molar-refractivity contribution in [1.82, 2.24) is 0 Å². The predicted molar refractivity (Wildman–Crippen MR) is 89.0 cm³/mol. The van der Waals surface area contributed by atoms with Crippen LogP contribution in [0.2, 0.25) is 0 Å². The van der Waals surface area contributed by atoms with Crippen LogP contribution in [0.15, 0.2) is 60.7 Å². The van der Waals surface area contributed by atoms with E-state index in [1.54, 1.807) is 0 Å². The van der Waals surface area contributed by atoms with Crippen molar-refractivity contribution in [3.05, 3.63) is 77.4 Å². The lowest BCUT2D eigenvalue weighted by Crippen LogP contribution is -2.00. The Bertz CT molecular complexity index is 764. The maximum absolute atomic E-state index is 6.14. The van der Waals surface area contributed by atoms with Crippen LogP contribution >= 0.6 is 11.6 Å².